The van der Waals surface area contributed by atoms with Crippen LogP contribution in [0, 0.1) is 0 Å². The predicted octanol–water partition coefficient (Wildman–Crippen LogP) is 2.01. The lowest BCUT2D eigenvalue weighted by Crippen LogP contribution is -2.34. The highest BCUT2D eigenvalue weighted by molar-refractivity contribution is 5.80. The zero-order chi connectivity index (χ0) is 19.1. The smallest absolute Gasteiger partial charge is 0.316 e. The van der Waals surface area contributed by atoms with Gasteiger partial charge in [0, 0.05) is 38.0 Å². The Balaban J connectivity index is 1.77. The number of anilines is 1. The molecule has 0 aliphatic heterocycles. The Morgan fingerprint density at radius 2 is 1.89 bits per heavy atom. The SMILES string of the molecule is CN(C)c1cccc(-c2nc(-c3ccc4c(c3)[nH]c(=O)c(=O)n4C)no2)c1. The van der Waals surface area contributed by atoms with Crippen LogP contribution in [0.15, 0.2) is 56.6 Å². The lowest BCUT2D eigenvalue weighted by atomic mass is 10.1. The van der Waals surface area contributed by atoms with E-state index >= 15 is 0 Å². The summed E-state index contributed by atoms with van der Waals surface area (Å²) in [5.41, 5.74) is 2.39. The minimum absolute atomic E-state index is 0.400. The normalized spacial score (nSPS) is 11.1. The van der Waals surface area contributed by atoms with Crippen LogP contribution in [0.1, 0.15) is 0 Å². The third-order valence-electron chi connectivity index (χ3n) is 4.40. The van der Waals surface area contributed by atoms with Gasteiger partial charge in [-0.2, -0.15) is 4.98 Å². The van der Waals surface area contributed by atoms with Crippen LogP contribution in [0.5, 0.6) is 0 Å². The molecule has 0 unspecified atom stereocenters. The van der Waals surface area contributed by atoms with Gasteiger partial charge in [-0.15, -0.1) is 0 Å². The van der Waals surface area contributed by atoms with Crippen molar-refractivity contribution >= 4 is 16.7 Å². The molecule has 0 saturated carbocycles. The number of H-pyrrole nitrogens is 1. The van der Waals surface area contributed by atoms with Crippen molar-refractivity contribution < 1.29 is 4.52 Å². The van der Waals surface area contributed by atoms with Crippen LogP contribution in [0.25, 0.3) is 33.9 Å². The van der Waals surface area contributed by atoms with E-state index in [4.69, 9.17) is 4.52 Å². The van der Waals surface area contributed by atoms with E-state index in [1.165, 1.54) is 4.57 Å². The van der Waals surface area contributed by atoms with Gasteiger partial charge in [-0.05, 0) is 36.4 Å². The van der Waals surface area contributed by atoms with Crippen molar-refractivity contribution in [3.05, 3.63) is 63.2 Å². The molecule has 2 aromatic carbocycles. The van der Waals surface area contributed by atoms with E-state index in [2.05, 4.69) is 15.1 Å². The summed E-state index contributed by atoms with van der Waals surface area (Å²) in [5.74, 6) is 0.805. The monoisotopic (exact) mass is 363 g/mol. The lowest BCUT2D eigenvalue weighted by Gasteiger charge is -2.12. The molecule has 0 fully saturated rings. The minimum atomic E-state index is -0.670. The summed E-state index contributed by atoms with van der Waals surface area (Å²) < 4.78 is 6.72. The topological polar surface area (TPSA) is 97.0 Å². The Hall–Kier alpha value is -3.68. The third kappa shape index (κ3) is 2.91. The molecule has 0 radical (unpaired) electrons. The highest BCUT2D eigenvalue weighted by Gasteiger charge is 2.13. The minimum Gasteiger partial charge on any atom is -0.378 e. The molecule has 0 spiro atoms. The summed E-state index contributed by atoms with van der Waals surface area (Å²) in [6.07, 6.45) is 0. The molecule has 4 rings (SSSR count). The van der Waals surface area contributed by atoms with E-state index in [0.29, 0.717) is 28.3 Å². The van der Waals surface area contributed by atoms with E-state index in [9.17, 15) is 9.59 Å². The number of aryl methyl sites for hydroxylation is 1. The molecule has 0 aliphatic carbocycles. The molecule has 4 aromatic rings. The average Bonchev–Trinajstić information content (AvgIpc) is 3.16. The first kappa shape index (κ1) is 16.8. The standard InChI is InChI=1S/C19H17N5O3/c1-23(2)13-6-4-5-12(9-13)18-21-16(22-27-18)11-7-8-15-14(10-11)20-17(25)19(26)24(15)3/h4-10H,1-3H3,(H,20,25). The van der Waals surface area contributed by atoms with Gasteiger partial charge in [-0.3, -0.25) is 9.59 Å². The van der Waals surface area contributed by atoms with Crippen molar-refractivity contribution in [3.8, 4) is 22.8 Å². The summed E-state index contributed by atoms with van der Waals surface area (Å²) in [6.45, 7) is 0. The Morgan fingerprint density at radius 1 is 1.07 bits per heavy atom. The number of aromatic amines is 1. The fourth-order valence-electron chi connectivity index (χ4n) is 2.88. The zero-order valence-corrected chi connectivity index (χ0v) is 15.1. The van der Waals surface area contributed by atoms with Gasteiger partial charge in [0.05, 0.1) is 11.0 Å². The van der Waals surface area contributed by atoms with Gasteiger partial charge in [-0.1, -0.05) is 11.2 Å². The Bertz CT molecular complexity index is 1270. The van der Waals surface area contributed by atoms with Crippen molar-refractivity contribution in [1.29, 1.82) is 0 Å². The molecule has 8 heteroatoms. The third-order valence-corrected chi connectivity index (χ3v) is 4.40. The molecular weight excluding hydrogens is 346 g/mol. The molecule has 0 aliphatic rings. The van der Waals surface area contributed by atoms with Crippen LogP contribution in [0.4, 0.5) is 5.69 Å². The Kier molecular flexibility index (Phi) is 3.88. The van der Waals surface area contributed by atoms with Crippen LogP contribution < -0.4 is 16.0 Å². The molecule has 2 aromatic heterocycles. The Labute approximate surface area is 153 Å². The number of hydrogen-bond acceptors (Lipinski definition) is 6. The van der Waals surface area contributed by atoms with Crippen LogP contribution in [0.2, 0.25) is 0 Å². The molecule has 0 atom stereocenters. The van der Waals surface area contributed by atoms with Crippen LogP contribution in [0.3, 0.4) is 0 Å². The number of hydrogen-bond donors (Lipinski definition) is 1. The van der Waals surface area contributed by atoms with Crippen molar-refractivity contribution in [1.82, 2.24) is 19.7 Å². The van der Waals surface area contributed by atoms with Gasteiger partial charge >= 0.3 is 11.1 Å². The first-order valence-electron chi connectivity index (χ1n) is 8.29. The summed E-state index contributed by atoms with van der Waals surface area (Å²) in [5, 5.41) is 4.05. The van der Waals surface area contributed by atoms with E-state index < -0.39 is 11.1 Å². The molecule has 27 heavy (non-hydrogen) atoms. The maximum absolute atomic E-state index is 11.7. The summed E-state index contributed by atoms with van der Waals surface area (Å²) in [6, 6.07) is 13.0. The highest BCUT2D eigenvalue weighted by atomic mass is 16.5. The van der Waals surface area contributed by atoms with Crippen molar-refractivity contribution in [3.63, 3.8) is 0 Å². The van der Waals surface area contributed by atoms with Crippen molar-refractivity contribution in [2.24, 2.45) is 7.05 Å². The number of rotatable bonds is 3. The van der Waals surface area contributed by atoms with Crippen molar-refractivity contribution in [2.45, 2.75) is 0 Å². The quantitative estimate of drug-likeness (QED) is 0.559. The van der Waals surface area contributed by atoms with Gasteiger partial charge in [0.2, 0.25) is 5.82 Å². The molecule has 0 amide bonds. The second kappa shape index (κ2) is 6.24. The fourth-order valence-corrected chi connectivity index (χ4v) is 2.88. The second-order valence-electron chi connectivity index (χ2n) is 6.42. The van der Waals surface area contributed by atoms with Crippen LogP contribution in [-0.4, -0.2) is 33.8 Å². The van der Waals surface area contributed by atoms with E-state index in [0.717, 1.165) is 11.3 Å². The predicted molar refractivity (Wildman–Crippen MR) is 103 cm³/mol. The van der Waals surface area contributed by atoms with Gasteiger partial charge in [-0.25, -0.2) is 0 Å². The maximum atomic E-state index is 11.7. The molecule has 136 valence electrons. The molecule has 1 N–H and O–H groups in total. The number of nitrogens with zero attached hydrogens (tertiary/aromatic N) is 4. The average molecular weight is 363 g/mol. The fraction of sp³-hybridized carbons (Fsp3) is 0.158. The highest BCUT2D eigenvalue weighted by Crippen LogP contribution is 2.26. The molecule has 0 saturated heterocycles. The molecule has 8 nitrogen and oxygen atoms in total. The van der Waals surface area contributed by atoms with Gasteiger partial charge < -0.3 is 19.0 Å². The molecular formula is C19H17N5O3. The lowest BCUT2D eigenvalue weighted by molar-refractivity contribution is 0.432. The zero-order valence-electron chi connectivity index (χ0n) is 15.1. The molecule has 2 heterocycles. The van der Waals surface area contributed by atoms with Gasteiger partial charge in [0.1, 0.15) is 0 Å². The van der Waals surface area contributed by atoms with Gasteiger partial charge in [0.25, 0.3) is 5.89 Å². The van der Waals surface area contributed by atoms with Crippen LogP contribution in [-0.2, 0) is 7.05 Å². The summed E-state index contributed by atoms with van der Waals surface area (Å²) in [7, 11) is 5.48. The first-order chi connectivity index (χ1) is 12.9. The number of fused-ring (bicyclic) bond motifs is 1. The van der Waals surface area contributed by atoms with E-state index in [1.54, 1.807) is 25.2 Å². The summed E-state index contributed by atoms with van der Waals surface area (Å²) >= 11 is 0. The number of nitrogens with one attached hydrogen (secondary N) is 1. The van der Waals surface area contributed by atoms with E-state index in [1.807, 2.05) is 43.3 Å². The first-order valence-corrected chi connectivity index (χ1v) is 8.29. The number of benzene rings is 2. The maximum Gasteiger partial charge on any atom is 0.316 e. The largest absolute Gasteiger partial charge is 0.378 e. The Morgan fingerprint density at radius 3 is 2.67 bits per heavy atom. The van der Waals surface area contributed by atoms with Crippen molar-refractivity contribution in [2.75, 3.05) is 19.0 Å². The molecule has 0 bridgehead atoms. The number of aromatic nitrogens is 4. The summed E-state index contributed by atoms with van der Waals surface area (Å²) in [4.78, 5) is 32.5. The van der Waals surface area contributed by atoms with E-state index in [-0.39, 0.29) is 0 Å². The second-order valence-corrected chi connectivity index (χ2v) is 6.42. The van der Waals surface area contributed by atoms with Crippen LogP contribution >= 0.6 is 0 Å². The van der Waals surface area contributed by atoms with Gasteiger partial charge in [0.15, 0.2) is 0 Å².